The molecule has 1 heterocycles. The largest absolute Gasteiger partial charge is 0.386 e. The number of aliphatic hydroxyl groups is 1. The van der Waals surface area contributed by atoms with Crippen LogP contribution in [0.25, 0.3) is 10.2 Å². The van der Waals surface area contributed by atoms with Crippen LogP contribution in [-0.2, 0) is 0 Å². The number of anilines is 1. The molecule has 1 aromatic heterocycles. The fraction of sp³-hybridized carbons (Fsp3) is 0.176. The standard InChI is InChI=1S/C17H16FN3O2S/c1-10-20-14-7-6-11(8-16(14)24-10)21-17(23)19-9-15(22)12-4-2-3-5-13(12)18/h2-8,15,22H,9H2,1H3,(H2,19,21,23). The van der Waals surface area contributed by atoms with E-state index in [9.17, 15) is 14.3 Å². The van der Waals surface area contributed by atoms with E-state index in [1.165, 1.54) is 12.1 Å². The van der Waals surface area contributed by atoms with Gasteiger partial charge in [0.15, 0.2) is 0 Å². The Morgan fingerprint density at radius 2 is 2.12 bits per heavy atom. The third-order valence-corrected chi connectivity index (χ3v) is 4.41. The fourth-order valence-corrected chi connectivity index (χ4v) is 3.20. The number of thiazole rings is 1. The highest BCUT2D eigenvalue weighted by atomic mass is 32.1. The Morgan fingerprint density at radius 1 is 1.33 bits per heavy atom. The number of nitrogens with zero attached hydrogens (tertiary/aromatic N) is 1. The van der Waals surface area contributed by atoms with Crippen molar-refractivity contribution in [1.82, 2.24) is 10.3 Å². The second-order valence-electron chi connectivity index (χ2n) is 5.29. The van der Waals surface area contributed by atoms with Gasteiger partial charge in [0.25, 0.3) is 0 Å². The Balaban J connectivity index is 1.59. The predicted molar refractivity (Wildman–Crippen MR) is 92.7 cm³/mol. The van der Waals surface area contributed by atoms with Gasteiger partial charge in [-0.3, -0.25) is 0 Å². The zero-order valence-corrected chi connectivity index (χ0v) is 13.7. The third-order valence-electron chi connectivity index (χ3n) is 3.47. The van der Waals surface area contributed by atoms with Gasteiger partial charge in [-0.2, -0.15) is 0 Å². The summed E-state index contributed by atoms with van der Waals surface area (Å²) in [5.74, 6) is -0.502. The van der Waals surface area contributed by atoms with Gasteiger partial charge in [-0.15, -0.1) is 11.3 Å². The second kappa shape index (κ2) is 6.94. The van der Waals surface area contributed by atoms with Crippen LogP contribution in [0.3, 0.4) is 0 Å². The van der Waals surface area contributed by atoms with Crippen LogP contribution in [0, 0.1) is 12.7 Å². The molecule has 0 bridgehead atoms. The molecule has 24 heavy (non-hydrogen) atoms. The van der Waals surface area contributed by atoms with Crippen molar-refractivity contribution in [3.8, 4) is 0 Å². The number of benzene rings is 2. The van der Waals surface area contributed by atoms with Crippen molar-refractivity contribution >= 4 is 33.3 Å². The van der Waals surface area contributed by atoms with E-state index in [4.69, 9.17) is 0 Å². The lowest BCUT2D eigenvalue weighted by Crippen LogP contribution is -2.32. The Morgan fingerprint density at radius 3 is 2.92 bits per heavy atom. The topological polar surface area (TPSA) is 74.2 Å². The molecule has 124 valence electrons. The number of hydrogen-bond acceptors (Lipinski definition) is 4. The average molecular weight is 345 g/mol. The van der Waals surface area contributed by atoms with E-state index in [1.54, 1.807) is 29.5 Å². The molecule has 0 saturated heterocycles. The highest BCUT2D eigenvalue weighted by molar-refractivity contribution is 7.18. The van der Waals surface area contributed by atoms with Crippen LogP contribution in [0.2, 0.25) is 0 Å². The van der Waals surface area contributed by atoms with E-state index in [0.29, 0.717) is 5.69 Å². The van der Waals surface area contributed by atoms with Gasteiger partial charge in [0.05, 0.1) is 21.3 Å². The quantitative estimate of drug-likeness (QED) is 0.676. The molecule has 2 aromatic carbocycles. The van der Waals surface area contributed by atoms with Crippen molar-refractivity contribution < 1.29 is 14.3 Å². The zero-order valence-electron chi connectivity index (χ0n) is 12.9. The highest BCUT2D eigenvalue weighted by Crippen LogP contribution is 2.24. The average Bonchev–Trinajstić information content (AvgIpc) is 2.92. The number of fused-ring (bicyclic) bond motifs is 1. The van der Waals surface area contributed by atoms with Crippen LogP contribution in [-0.4, -0.2) is 22.7 Å². The number of amides is 2. The van der Waals surface area contributed by atoms with E-state index in [2.05, 4.69) is 15.6 Å². The SMILES string of the molecule is Cc1nc2ccc(NC(=O)NCC(O)c3ccccc3F)cc2s1. The number of hydrogen-bond donors (Lipinski definition) is 3. The summed E-state index contributed by atoms with van der Waals surface area (Å²) in [5, 5.41) is 16.1. The summed E-state index contributed by atoms with van der Waals surface area (Å²) in [4.78, 5) is 16.3. The summed E-state index contributed by atoms with van der Waals surface area (Å²) in [6.07, 6.45) is -1.11. The molecule has 0 aliphatic carbocycles. The monoisotopic (exact) mass is 345 g/mol. The maximum Gasteiger partial charge on any atom is 0.319 e. The number of aromatic nitrogens is 1. The van der Waals surface area contributed by atoms with Crippen molar-refractivity contribution in [3.63, 3.8) is 0 Å². The van der Waals surface area contributed by atoms with E-state index in [1.807, 2.05) is 19.1 Å². The molecule has 2 amide bonds. The molecular weight excluding hydrogens is 329 g/mol. The minimum absolute atomic E-state index is 0.0886. The predicted octanol–water partition coefficient (Wildman–Crippen LogP) is 3.60. The van der Waals surface area contributed by atoms with Crippen LogP contribution in [0.1, 0.15) is 16.7 Å². The molecule has 5 nitrogen and oxygen atoms in total. The molecular formula is C17H16FN3O2S. The lowest BCUT2D eigenvalue weighted by atomic mass is 10.1. The molecule has 0 spiro atoms. The molecule has 1 atom stereocenters. The Bertz CT molecular complexity index is 881. The van der Waals surface area contributed by atoms with E-state index in [-0.39, 0.29) is 12.1 Å². The Kier molecular flexibility index (Phi) is 4.73. The number of aliphatic hydroxyl groups excluding tert-OH is 1. The zero-order chi connectivity index (χ0) is 17.1. The number of nitrogens with one attached hydrogen (secondary N) is 2. The fourth-order valence-electron chi connectivity index (χ4n) is 2.34. The van der Waals surface area contributed by atoms with Gasteiger partial charge in [-0.05, 0) is 31.2 Å². The summed E-state index contributed by atoms with van der Waals surface area (Å²) in [6, 6.07) is 10.9. The first kappa shape index (κ1) is 16.4. The first-order chi connectivity index (χ1) is 11.5. The van der Waals surface area contributed by atoms with Gasteiger partial charge in [0.1, 0.15) is 5.82 Å². The molecule has 0 radical (unpaired) electrons. The normalized spacial score (nSPS) is 12.1. The van der Waals surface area contributed by atoms with Crippen molar-refractivity contribution in [2.75, 3.05) is 11.9 Å². The molecule has 0 aliphatic heterocycles. The van der Waals surface area contributed by atoms with Crippen LogP contribution in [0.15, 0.2) is 42.5 Å². The lowest BCUT2D eigenvalue weighted by molar-refractivity contribution is 0.170. The van der Waals surface area contributed by atoms with Crippen molar-refractivity contribution in [2.45, 2.75) is 13.0 Å². The second-order valence-corrected chi connectivity index (χ2v) is 6.52. The lowest BCUT2D eigenvalue weighted by Gasteiger charge is -2.13. The number of urea groups is 1. The van der Waals surface area contributed by atoms with Gasteiger partial charge in [0.2, 0.25) is 0 Å². The van der Waals surface area contributed by atoms with Gasteiger partial charge in [-0.1, -0.05) is 18.2 Å². The van der Waals surface area contributed by atoms with Gasteiger partial charge in [0, 0.05) is 17.8 Å². The van der Waals surface area contributed by atoms with Crippen molar-refractivity contribution in [1.29, 1.82) is 0 Å². The third kappa shape index (κ3) is 3.69. The number of rotatable bonds is 4. The minimum atomic E-state index is -1.11. The molecule has 3 N–H and O–H groups in total. The smallest absolute Gasteiger partial charge is 0.319 e. The summed E-state index contributed by atoms with van der Waals surface area (Å²) < 4.78 is 14.6. The van der Waals surface area contributed by atoms with Crippen molar-refractivity contribution in [3.05, 3.63) is 58.9 Å². The molecule has 0 saturated carbocycles. The Hall–Kier alpha value is -2.51. The summed E-state index contributed by atoms with van der Waals surface area (Å²) in [6.45, 7) is 1.84. The minimum Gasteiger partial charge on any atom is -0.386 e. The van der Waals surface area contributed by atoms with Crippen LogP contribution in [0.4, 0.5) is 14.9 Å². The number of carbonyl (C=O) groups is 1. The van der Waals surface area contributed by atoms with Crippen LogP contribution >= 0.6 is 11.3 Å². The van der Waals surface area contributed by atoms with Gasteiger partial charge < -0.3 is 15.7 Å². The maximum absolute atomic E-state index is 13.6. The van der Waals surface area contributed by atoms with Crippen molar-refractivity contribution in [2.24, 2.45) is 0 Å². The van der Waals surface area contributed by atoms with E-state index in [0.717, 1.165) is 15.2 Å². The van der Waals surface area contributed by atoms with Crippen LogP contribution < -0.4 is 10.6 Å². The number of carbonyl (C=O) groups excluding carboxylic acids is 1. The van der Waals surface area contributed by atoms with E-state index < -0.39 is 18.0 Å². The van der Waals surface area contributed by atoms with Gasteiger partial charge in [-0.25, -0.2) is 14.2 Å². The molecule has 0 fully saturated rings. The molecule has 7 heteroatoms. The summed E-state index contributed by atoms with van der Waals surface area (Å²) >= 11 is 1.55. The summed E-state index contributed by atoms with van der Waals surface area (Å²) in [5.41, 5.74) is 1.67. The number of aryl methyl sites for hydroxylation is 1. The molecule has 3 rings (SSSR count). The molecule has 0 aliphatic rings. The van der Waals surface area contributed by atoms with Gasteiger partial charge >= 0.3 is 6.03 Å². The maximum atomic E-state index is 13.6. The first-order valence-corrected chi connectivity index (χ1v) is 8.19. The van der Waals surface area contributed by atoms with Crippen LogP contribution in [0.5, 0.6) is 0 Å². The number of halogens is 1. The Labute approximate surface area is 142 Å². The summed E-state index contributed by atoms with van der Waals surface area (Å²) in [7, 11) is 0. The first-order valence-electron chi connectivity index (χ1n) is 7.37. The molecule has 3 aromatic rings. The highest BCUT2D eigenvalue weighted by Gasteiger charge is 2.13. The van der Waals surface area contributed by atoms with E-state index >= 15 is 0 Å². The molecule has 1 unspecified atom stereocenters.